The van der Waals surface area contributed by atoms with E-state index in [1.807, 2.05) is 0 Å². The first kappa shape index (κ1) is 19.2. The fourth-order valence-corrected chi connectivity index (χ4v) is 2.47. The Kier molecular flexibility index (Phi) is 5.49. The fourth-order valence-electron chi connectivity index (χ4n) is 2.47. The van der Waals surface area contributed by atoms with Gasteiger partial charge in [-0.1, -0.05) is 12.1 Å². The lowest BCUT2D eigenvalue weighted by Gasteiger charge is -2.11. The average Bonchev–Trinajstić information content (AvgIpc) is 2.68. The van der Waals surface area contributed by atoms with E-state index in [4.69, 9.17) is 4.74 Å². The van der Waals surface area contributed by atoms with E-state index in [-0.39, 0.29) is 11.4 Å². The van der Waals surface area contributed by atoms with Gasteiger partial charge >= 0.3 is 6.18 Å². The zero-order valence-corrected chi connectivity index (χ0v) is 14.7. The summed E-state index contributed by atoms with van der Waals surface area (Å²) in [6, 6.07) is 14.6. The third-order valence-electron chi connectivity index (χ3n) is 3.80. The van der Waals surface area contributed by atoms with Gasteiger partial charge < -0.3 is 15.4 Å². The Labute approximate surface area is 159 Å². The Morgan fingerprint density at radius 3 is 2.43 bits per heavy atom. The van der Waals surface area contributed by atoms with Crippen LogP contribution >= 0.6 is 0 Å². The summed E-state index contributed by atoms with van der Waals surface area (Å²) in [4.78, 5) is 16.4. The standard InChI is InChI=1S/C20H16F3N3O2/c1-28-17-7-3-6-15(11-17)26-19(27)18-12-16(8-9-24-18)25-14-5-2-4-13(10-14)20(21,22)23/h2-12H,1H3,(H,24,25)(H,26,27). The van der Waals surface area contributed by atoms with E-state index in [0.717, 1.165) is 12.1 Å². The monoisotopic (exact) mass is 387 g/mol. The summed E-state index contributed by atoms with van der Waals surface area (Å²) in [7, 11) is 1.52. The summed E-state index contributed by atoms with van der Waals surface area (Å²) in [5, 5.41) is 5.55. The van der Waals surface area contributed by atoms with Crippen molar-refractivity contribution in [3.8, 4) is 5.75 Å². The minimum Gasteiger partial charge on any atom is -0.497 e. The van der Waals surface area contributed by atoms with Gasteiger partial charge in [0, 0.05) is 29.3 Å². The predicted octanol–water partition coefficient (Wildman–Crippen LogP) is 5.10. The van der Waals surface area contributed by atoms with E-state index in [0.29, 0.717) is 17.1 Å². The van der Waals surface area contributed by atoms with Crippen molar-refractivity contribution < 1.29 is 22.7 Å². The number of carbonyl (C=O) groups is 1. The summed E-state index contributed by atoms with van der Waals surface area (Å²) < 4.78 is 43.6. The summed E-state index contributed by atoms with van der Waals surface area (Å²) in [5.74, 6) is 0.131. The van der Waals surface area contributed by atoms with Crippen LogP contribution in [0, 0.1) is 0 Å². The molecule has 2 aromatic carbocycles. The van der Waals surface area contributed by atoms with Crippen molar-refractivity contribution in [2.75, 3.05) is 17.7 Å². The molecule has 0 bridgehead atoms. The Balaban J connectivity index is 1.76. The van der Waals surface area contributed by atoms with Crippen molar-refractivity contribution >= 4 is 23.0 Å². The van der Waals surface area contributed by atoms with Crippen LogP contribution in [-0.4, -0.2) is 18.0 Å². The van der Waals surface area contributed by atoms with Gasteiger partial charge in [-0.2, -0.15) is 13.2 Å². The van der Waals surface area contributed by atoms with Gasteiger partial charge in [-0.15, -0.1) is 0 Å². The Morgan fingerprint density at radius 2 is 1.68 bits per heavy atom. The van der Waals surface area contributed by atoms with Crippen LogP contribution < -0.4 is 15.4 Å². The second-order valence-corrected chi connectivity index (χ2v) is 5.82. The van der Waals surface area contributed by atoms with Crippen LogP contribution in [0.4, 0.5) is 30.2 Å². The molecule has 28 heavy (non-hydrogen) atoms. The normalized spacial score (nSPS) is 11.0. The molecule has 0 aliphatic carbocycles. The lowest BCUT2D eigenvalue weighted by Crippen LogP contribution is -2.13. The number of carbonyl (C=O) groups excluding carboxylic acids is 1. The molecule has 1 heterocycles. The molecule has 0 saturated heterocycles. The van der Waals surface area contributed by atoms with Gasteiger partial charge in [0.1, 0.15) is 11.4 Å². The van der Waals surface area contributed by atoms with Crippen LogP contribution in [0.3, 0.4) is 0 Å². The fraction of sp³-hybridized carbons (Fsp3) is 0.100. The van der Waals surface area contributed by atoms with E-state index in [1.165, 1.54) is 31.5 Å². The second-order valence-electron chi connectivity index (χ2n) is 5.82. The van der Waals surface area contributed by atoms with E-state index in [1.54, 1.807) is 30.3 Å². The van der Waals surface area contributed by atoms with Gasteiger partial charge in [-0.3, -0.25) is 9.78 Å². The van der Waals surface area contributed by atoms with Gasteiger partial charge in [0.15, 0.2) is 0 Å². The van der Waals surface area contributed by atoms with Crippen LogP contribution in [-0.2, 0) is 6.18 Å². The zero-order valence-electron chi connectivity index (χ0n) is 14.7. The molecule has 0 saturated carbocycles. The number of hydrogen-bond acceptors (Lipinski definition) is 4. The third-order valence-corrected chi connectivity index (χ3v) is 3.80. The number of benzene rings is 2. The molecular weight excluding hydrogens is 371 g/mol. The van der Waals surface area contributed by atoms with Crippen LogP contribution in [0.25, 0.3) is 0 Å². The van der Waals surface area contributed by atoms with Gasteiger partial charge in [0.25, 0.3) is 5.91 Å². The molecule has 0 fully saturated rings. The van der Waals surface area contributed by atoms with Crippen LogP contribution in [0.5, 0.6) is 5.75 Å². The second kappa shape index (κ2) is 7.99. The molecule has 8 heteroatoms. The molecule has 0 unspecified atom stereocenters. The minimum absolute atomic E-state index is 0.111. The highest BCUT2D eigenvalue weighted by atomic mass is 19.4. The van der Waals surface area contributed by atoms with Gasteiger partial charge in [0.2, 0.25) is 0 Å². The molecular formula is C20H16F3N3O2. The Hall–Kier alpha value is -3.55. The predicted molar refractivity (Wildman–Crippen MR) is 99.9 cm³/mol. The smallest absolute Gasteiger partial charge is 0.416 e. The number of aromatic nitrogens is 1. The molecule has 0 aliphatic rings. The number of anilines is 3. The molecule has 0 aliphatic heterocycles. The number of pyridine rings is 1. The molecule has 2 N–H and O–H groups in total. The summed E-state index contributed by atoms with van der Waals surface area (Å²) >= 11 is 0. The maximum Gasteiger partial charge on any atom is 0.416 e. The van der Waals surface area contributed by atoms with Crippen molar-refractivity contribution in [1.82, 2.24) is 4.98 Å². The number of amides is 1. The van der Waals surface area contributed by atoms with Gasteiger partial charge in [0.05, 0.1) is 12.7 Å². The van der Waals surface area contributed by atoms with E-state index >= 15 is 0 Å². The number of alkyl halides is 3. The topological polar surface area (TPSA) is 63.2 Å². The van der Waals surface area contributed by atoms with E-state index in [9.17, 15) is 18.0 Å². The van der Waals surface area contributed by atoms with Gasteiger partial charge in [-0.25, -0.2) is 0 Å². The maximum absolute atomic E-state index is 12.8. The van der Waals surface area contributed by atoms with E-state index in [2.05, 4.69) is 15.6 Å². The maximum atomic E-state index is 12.8. The van der Waals surface area contributed by atoms with Crippen LogP contribution in [0.15, 0.2) is 66.9 Å². The molecule has 144 valence electrons. The summed E-state index contributed by atoms with van der Waals surface area (Å²) in [5.41, 5.74) is 0.565. The van der Waals surface area contributed by atoms with Crippen LogP contribution in [0.1, 0.15) is 16.1 Å². The Morgan fingerprint density at radius 1 is 0.964 bits per heavy atom. The highest BCUT2D eigenvalue weighted by molar-refractivity contribution is 6.03. The van der Waals surface area contributed by atoms with Crippen LogP contribution in [0.2, 0.25) is 0 Å². The molecule has 0 radical (unpaired) electrons. The number of nitrogens with zero attached hydrogens (tertiary/aromatic N) is 1. The summed E-state index contributed by atoms with van der Waals surface area (Å²) in [6.07, 6.45) is -3.03. The molecule has 0 atom stereocenters. The molecule has 3 rings (SSSR count). The number of rotatable bonds is 5. The lowest BCUT2D eigenvalue weighted by atomic mass is 10.2. The minimum atomic E-state index is -4.43. The zero-order chi connectivity index (χ0) is 20.1. The van der Waals surface area contributed by atoms with Crippen molar-refractivity contribution in [2.24, 2.45) is 0 Å². The largest absolute Gasteiger partial charge is 0.497 e. The third kappa shape index (κ3) is 4.79. The van der Waals surface area contributed by atoms with E-state index < -0.39 is 17.6 Å². The highest BCUT2D eigenvalue weighted by Crippen LogP contribution is 2.31. The first-order chi connectivity index (χ1) is 13.3. The highest BCUT2D eigenvalue weighted by Gasteiger charge is 2.30. The van der Waals surface area contributed by atoms with Crippen molar-refractivity contribution in [1.29, 1.82) is 0 Å². The number of hydrogen-bond donors (Lipinski definition) is 2. The molecule has 5 nitrogen and oxygen atoms in total. The lowest BCUT2D eigenvalue weighted by molar-refractivity contribution is -0.137. The molecule has 0 spiro atoms. The molecule has 3 aromatic rings. The first-order valence-electron chi connectivity index (χ1n) is 8.21. The SMILES string of the molecule is COc1cccc(NC(=O)c2cc(Nc3cccc(C(F)(F)F)c3)ccn2)c1. The Bertz CT molecular complexity index is 990. The molecule has 1 amide bonds. The summed E-state index contributed by atoms with van der Waals surface area (Å²) in [6.45, 7) is 0. The average molecular weight is 387 g/mol. The number of nitrogens with one attached hydrogen (secondary N) is 2. The molecule has 1 aromatic heterocycles. The number of halogens is 3. The van der Waals surface area contributed by atoms with Gasteiger partial charge in [-0.05, 0) is 42.5 Å². The first-order valence-corrected chi connectivity index (χ1v) is 8.21. The van der Waals surface area contributed by atoms with Crippen molar-refractivity contribution in [3.63, 3.8) is 0 Å². The van der Waals surface area contributed by atoms with Crippen molar-refractivity contribution in [3.05, 3.63) is 78.1 Å². The number of ether oxygens (including phenoxy) is 1. The van der Waals surface area contributed by atoms with Crippen molar-refractivity contribution in [2.45, 2.75) is 6.18 Å². The quantitative estimate of drug-likeness (QED) is 0.639. The number of methoxy groups -OCH3 is 1.